The minimum atomic E-state index is -4.80. The van der Waals surface area contributed by atoms with Crippen molar-refractivity contribution in [1.29, 1.82) is 0 Å². The van der Waals surface area contributed by atoms with Crippen molar-refractivity contribution in [3.63, 3.8) is 0 Å². The second-order valence-corrected chi connectivity index (χ2v) is 15.2. The van der Waals surface area contributed by atoms with E-state index in [0.29, 0.717) is 32.1 Å². The molecule has 0 unspecified atom stereocenters. The molecule has 0 bridgehead atoms. The normalized spacial score (nSPS) is 14.4. The fraction of sp³-hybridized carbons (Fsp3) is 0.682. The third-order valence-corrected chi connectivity index (χ3v) is 9.15. The number of hydrogen-bond acceptors (Lipinski definition) is 8. The molecule has 0 fully saturated rings. The van der Waals surface area contributed by atoms with Crippen molar-refractivity contribution < 1.29 is 48.2 Å². The van der Waals surface area contributed by atoms with Crippen molar-refractivity contribution in [2.45, 2.75) is 180 Å². The SMILES string of the molecule is CC/C=C\C[C@@H](O)/C=C/C=C\C/C=C\C=C\[C@@H](O)/C=C\CCCC(=O)OC[C@H](COP(=O)(O)O)OC(=O)CCCCCCCCCCCCCCCCCC. The van der Waals surface area contributed by atoms with Gasteiger partial charge in [0.25, 0.3) is 0 Å². The molecule has 0 saturated carbocycles. The summed E-state index contributed by atoms with van der Waals surface area (Å²) < 4.78 is 26.3. The first-order valence-electron chi connectivity index (χ1n) is 21.0. The maximum atomic E-state index is 12.4. The number of esters is 2. The van der Waals surface area contributed by atoms with E-state index in [2.05, 4.69) is 18.4 Å². The standard InChI is InChI=1S/C44H75O10P/c1-3-5-7-8-9-10-11-12-13-14-15-16-17-21-24-30-37-44(48)54-42(39-53-55(49,50)51)38-52-43(47)36-31-25-29-35-41(46)34-28-23-20-18-19-22-27-33-40(45)32-26-6-4-2/h6,19-20,22-23,26-29,33-35,40-42,45-46H,3-5,7-18,21,24-25,30-32,36-39H2,1-2H3,(H2,49,50,51)/b22-19-,23-20-,26-6-,33-27+,34-28+,35-29-/t40-,41-,42-/m1/s1. The molecular weight excluding hydrogens is 719 g/mol. The van der Waals surface area contributed by atoms with Crippen LogP contribution in [0.5, 0.6) is 0 Å². The minimum Gasteiger partial charge on any atom is -0.462 e. The summed E-state index contributed by atoms with van der Waals surface area (Å²) in [4.78, 5) is 42.8. The molecule has 0 radical (unpaired) electrons. The summed E-state index contributed by atoms with van der Waals surface area (Å²) in [6.45, 7) is 3.33. The maximum absolute atomic E-state index is 12.4. The molecule has 0 heterocycles. The quantitative estimate of drug-likeness (QED) is 0.0157. The highest BCUT2D eigenvalue weighted by atomic mass is 31.2. The van der Waals surface area contributed by atoms with Gasteiger partial charge in [0.15, 0.2) is 6.10 Å². The van der Waals surface area contributed by atoms with Crippen LogP contribution < -0.4 is 0 Å². The summed E-state index contributed by atoms with van der Waals surface area (Å²) >= 11 is 0. The zero-order valence-electron chi connectivity index (χ0n) is 34.0. The van der Waals surface area contributed by atoms with E-state index in [4.69, 9.17) is 19.3 Å². The second-order valence-electron chi connectivity index (χ2n) is 14.0. The van der Waals surface area contributed by atoms with Crippen LogP contribution >= 0.6 is 7.82 Å². The Labute approximate surface area is 333 Å². The number of phosphoric acid groups is 1. The molecule has 11 heteroatoms. The van der Waals surface area contributed by atoms with Gasteiger partial charge in [-0.1, -0.05) is 183 Å². The number of hydrogen-bond donors (Lipinski definition) is 4. The van der Waals surface area contributed by atoms with E-state index in [0.717, 1.165) is 25.7 Å². The molecule has 0 saturated heterocycles. The van der Waals surface area contributed by atoms with Crippen molar-refractivity contribution >= 4 is 19.8 Å². The van der Waals surface area contributed by atoms with Gasteiger partial charge in [0.05, 0.1) is 18.8 Å². The number of aliphatic hydroxyl groups is 2. The lowest BCUT2D eigenvalue weighted by Gasteiger charge is -2.18. The highest BCUT2D eigenvalue weighted by Crippen LogP contribution is 2.36. The lowest BCUT2D eigenvalue weighted by Crippen LogP contribution is -2.29. The Kier molecular flexibility index (Phi) is 36.5. The van der Waals surface area contributed by atoms with E-state index in [-0.39, 0.29) is 19.4 Å². The van der Waals surface area contributed by atoms with Gasteiger partial charge in [0.2, 0.25) is 0 Å². The van der Waals surface area contributed by atoms with Crippen LogP contribution in [0.3, 0.4) is 0 Å². The highest BCUT2D eigenvalue weighted by Gasteiger charge is 2.22. The summed E-state index contributed by atoms with van der Waals surface area (Å²) in [6.07, 6.45) is 42.7. The number of ether oxygens (including phenoxy) is 2. The fourth-order valence-electron chi connectivity index (χ4n) is 5.52. The summed E-state index contributed by atoms with van der Waals surface area (Å²) in [7, 11) is -4.80. The number of unbranched alkanes of at least 4 members (excludes halogenated alkanes) is 16. The number of rotatable bonds is 37. The summed E-state index contributed by atoms with van der Waals surface area (Å²) in [6, 6.07) is 0. The Hall–Kier alpha value is -2.59. The van der Waals surface area contributed by atoms with E-state index < -0.39 is 44.7 Å². The summed E-state index contributed by atoms with van der Waals surface area (Å²) in [5.74, 6) is -1.07. The van der Waals surface area contributed by atoms with Crippen molar-refractivity contribution in [2.24, 2.45) is 0 Å². The van der Waals surface area contributed by atoms with Gasteiger partial charge < -0.3 is 29.5 Å². The Morgan fingerprint density at radius 1 is 0.600 bits per heavy atom. The van der Waals surface area contributed by atoms with Gasteiger partial charge in [-0.25, -0.2) is 4.57 Å². The zero-order valence-corrected chi connectivity index (χ0v) is 34.9. The summed E-state index contributed by atoms with van der Waals surface area (Å²) in [5.41, 5.74) is 0. The molecular formula is C44H75O10P. The molecule has 0 aliphatic heterocycles. The second kappa shape index (κ2) is 38.3. The zero-order chi connectivity index (χ0) is 40.7. The van der Waals surface area contributed by atoms with Crippen LogP contribution in [-0.2, 0) is 28.2 Å². The average Bonchev–Trinajstić information content (AvgIpc) is 3.14. The smallest absolute Gasteiger partial charge is 0.462 e. The minimum absolute atomic E-state index is 0.0792. The predicted octanol–water partition coefficient (Wildman–Crippen LogP) is 10.6. The van der Waals surface area contributed by atoms with Gasteiger partial charge in [-0.05, 0) is 38.5 Å². The summed E-state index contributed by atoms with van der Waals surface area (Å²) in [5, 5.41) is 19.9. The maximum Gasteiger partial charge on any atom is 0.469 e. The van der Waals surface area contributed by atoms with E-state index in [1.165, 1.54) is 77.0 Å². The number of carbonyl (C=O) groups excluding carboxylic acids is 2. The molecule has 4 N–H and O–H groups in total. The van der Waals surface area contributed by atoms with Crippen LogP contribution in [0.15, 0.2) is 72.9 Å². The molecule has 55 heavy (non-hydrogen) atoms. The first kappa shape index (κ1) is 52.4. The third-order valence-electron chi connectivity index (χ3n) is 8.66. The Morgan fingerprint density at radius 3 is 1.71 bits per heavy atom. The van der Waals surface area contributed by atoms with Crippen molar-refractivity contribution in [2.75, 3.05) is 13.2 Å². The third kappa shape index (κ3) is 40.9. The van der Waals surface area contributed by atoms with Gasteiger partial charge >= 0.3 is 19.8 Å². The molecule has 0 aliphatic carbocycles. The monoisotopic (exact) mass is 795 g/mol. The number of allylic oxidation sites excluding steroid dienone is 8. The Morgan fingerprint density at radius 2 is 1.15 bits per heavy atom. The molecule has 0 rings (SSSR count). The lowest BCUT2D eigenvalue weighted by molar-refractivity contribution is -0.161. The van der Waals surface area contributed by atoms with Gasteiger partial charge in [0.1, 0.15) is 6.61 Å². The molecule has 0 amide bonds. The molecule has 0 aromatic heterocycles. The van der Waals surface area contributed by atoms with Crippen molar-refractivity contribution in [1.82, 2.24) is 0 Å². The fourth-order valence-corrected chi connectivity index (χ4v) is 5.89. The molecule has 0 aliphatic rings. The number of carbonyl (C=O) groups is 2. The molecule has 316 valence electrons. The van der Waals surface area contributed by atoms with E-state index >= 15 is 0 Å². The van der Waals surface area contributed by atoms with Gasteiger partial charge in [-0.3, -0.25) is 14.1 Å². The van der Waals surface area contributed by atoms with Crippen LogP contribution in [0.25, 0.3) is 0 Å². The molecule has 10 nitrogen and oxygen atoms in total. The van der Waals surface area contributed by atoms with Gasteiger partial charge in [0, 0.05) is 12.8 Å². The molecule has 0 aromatic rings. The van der Waals surface area contributed by atoms with Crippen LogP contribution in [0.1, 0.15) is 162 Å². The molecule has 0 spiro atoms. The molecule has 3 atom stereocenters. The first-order chi connectivity index (χ1) is 26.6. The molecule has 0 aromatic carbocycles. The largest absolute Gasteiger partial charge is 0.469 e. The number of phosphoric ester groups is 1. The van der Waals surface area contributed by atoms with Crippen LogP contribution in [0.4, 0.5) is 0 Å². The Balaban J connectivity index is 4.18. The van der Waals surface area contributed by atoms with Crippen LogP contribution in [0, 0.1) is 0 Å². The van der Waals surface area contributed by atoms with E-state index in [1.807, 2.05) is 42.5 Å². The van der Waals surface area contributed by atoms with Crippen LogP contribution in [0.2, 0.25) is 0 Å². The van der Waals surface area contributed by atoms with Gasteiger partial charge in [-0.15, -0.1) is 0 Å². The Bertz CT molecular complexity index is 1150. The highest BCUT2D eigenvalue weighted by molar-refractivity contribution is 7.46. The predicted molar refractivity (Wildman–Crippen MR) is 223 cm³/mol. The van der Waals surface area contributed by atoms with Crippen molar-refractivity contribution in [3.05, 3.63) is 72.9 Å². The van der Waals surface area contributed by atoms with E-state index in [1.54, 1.807) is 30.4 Å². The van der Waals surface area contributed by atoms with Crippen LogP contribution in [-0.4, -0.2) is 63.5 Å². The lowest BCUT2D eigenvalue weighted by atomic mass is 10.0. The van der Waals surface area contributed by atoms with Crippen molar-refractivity contribution in [3.8, 4) is 0 Å². The first-order valence-corrected chi connectivity index (χ1v) is 22.5. The van der Waals surface area contributed by atoms with Gasteiger partial charge in [-0.2, -0.15) is 0 Å². The average molecular weight is 795 g/mol. The van der Waals surface area contributed by atoms with E-state index in [9.17, 15) is 24.4 Å². The topological polar surface area (TPSA) is 160 Å². The number of aliphatic hydroxyl groups excluding tert-OH is 2.